The minimum absolute atomic E-state index is 0.0180. The summed E-state index contributed by atoms with van der Waals surface area (Å²) in [4.78, 5) is 28.8. The van der Waals surface area contributed by atoms with E-state index in [-0.39, 0.29) is 22.6 Å². The van der Waals surface area contributed by atoms with Crippen molar-refractivity contribution in [1.29, 1.82) is 0 Å². The number of ether oxygens (including phenoxy) is 2. The number of amides is 1. The lowest BCUT2D eigenvalue weighted by Gasteiger charge is -2.23. The molecular weight excluding hydrogens is 630 g/mol. The highest BCUT2D eigenvalue weighted by Crippen LogP contribution is 2.45. The molecule has 2 atom stereocenters. The van der Waals surface area contributed by atoms with Gasteiger partial charge in [0.1, 0.15) is 23.4 Å². The Morgan fingerprint density at radius 1 is 1.11 bits per heavy atom. The van der Waals surface area contributed by atoms with Crippen LogP contribution in [0.2, 0.25) is 5.02 Å². The highest BCUT2D eigenvalue weighted by atomic mass is 35.5. The van der Waals surface area contributed by atoms with Crippen LogP contribution in [-0.4, -0.2) is 39.7 Å². The standard InChI is InChI=1S/C34H32ClN3O5S2/c1-3-4-7-15-42-25-11-8-10-21(18-25)29-28(30(39)22-13-14-27-24(17-22)16-20(2)43-27)31(40)32(41)38(29)33-36-37-34(45-33)44-19-23-9-5-6-12-26(23)35/h5-6,8-14,17-18,20,29,39H,3-4,7,15-16,19H2,1-2H3/t20-,29-/m0/s1. The van der Waals surface area contributed by atoms with Gasteiger partial charge in [0.25, 0.3) is 5.78 Å². The summed E-state index contributed by atoms with van der Waals surface area (Å²) >= 11 is 8.98. The molecular formula is C34H32ClN3O5S2. The second kappa shape index (κ2) is 13.6. The number of hydrogen-bond donors (Lipinski definition) is 1. The van der Waals surface area contributed by atoms with Crippen LogP contribution in [0.3, 0.4) is 0 Å². The van der Waals surface area contributed by atoms with E-state index in [2.05, 4.69) is 17.1 Å². The van der Waals surface area contributed by atoms with E-state index >= 15 is 0 Å². The zero-order valence-corrected chi connectivity index (χ0v) is 27.3. The fourth-order valence-corrected chi connectivity index (χ4v) is 7.65. The van der Waals surface area contributed by atoms with Crippen LogP contribution < -0.4 is 14.4 Å². The third-order valence-electron chi connectivity index (χ3n) is 7.72. The summed E-state index contributed by atoms with van der Waals surface area (Å²) in [5.41, 5.74) is 2.92. The van der Waals surface area contributed by atoms with Crippen LogP contribution in [0.5, 0.6) is 11.5 Å². The van der Waals surface area contributed by atoms with Crippen LogP contribution in [-0.2, 0) is 21.8 Å². The van der Waals surface area contributed by atoms with Gasteiger partial charge in [0, 0.05) is 22.8 Å². The Morgan fingerprint density at radius 3 is 2.78 bits per heavy atom. The molecule has 1 amide bonds. The molecule has 3 heterocycles. The molecule has 0 spiro atoms. The minimum Gasteiger partial charge on any atom is -0.507 e. The third kappa shape index (κ3) is 6.59. The number of benzene rings is 3. The molecule has 1 fully saturated rings. The molecule has 11 heteroatoms. The summed E-state index contributed by atoms with van der Waals surface area (Å²) in [6.45, 7) is 4.66. The number of aliphatic hydroxyl groups excluding tert-OH is 1. The first kappa shape index (κ1) is 31.1. The van der Waals surface area contributed by atoms with Crippen LogP contribution in [0, 0.1) is 0 Å². The number of thioether (sulfide) groups is 1. The molecule has 0 radical (unpaired) electrons. The number of unbranched alkanes of at least 4 members (excludes halogenated alkanes) is 2. The number of fused-ring (bicyclic) bond motifs is 1. The molecule has 232 valence electrons. The van der Waals surface area contributed by atoms with Crippen molar-refractivity contribution in [1.82, 2.24) is 10.2 Å². The molecule has 0 unspecified atom stereocenters. The number of ketones is 1. The molecule has 1 N–H and O–H groups in total. The largest absolute Gasteiger partial charge is 0.507 e. The summed E-state index contributed by atoms with van der Waals surface area (Å²) in [5, 5.41) is 21.2. The zero-order chi connectivity index (χ0) is 31.5. The Labute approximate surface area is 275 Å². The molecule has 4 aromatic rings. The van der Waals surface area contributed by atoms with Crippen molar-refractivity contribution in [2.45, 2.75) is 61.8 Å². The van der Waals surface area contributed by atoms with Crippen LogP contribution >= 0.6 is 34.7 Å². The van der Waals surface area contributed by atoms with Gasteiger partial charge in [-0.05, 0) is 66.4 Å². The lowest BCUT2D eigenvalue weighted by molar-refractivity contribution is -0.132. The molecule has 1 aromatic heterocycles. The molecule has 0 saturated carbocycles. The maximum atomic E-state index is 13.7. The summed E-state index contributed by atoms with van der Waals surface area (Å²) in [6, 6.07) is 19.2. The minimum atomic E-state index is -0.943. The van der Waals surface area contributed by atoms with E-state index in [0.717, 1.165) is 36.1 Å². The average molecular weight is 662 g/mol. The number of carbonyl (C=O) groups is 2. The monoisotopic (exact) mass is 661 g/mol. The van der Waals surface area contributed by atoms with Gasteiger partial charge in [-0.1, -0.05) is 84.8 Å². The van der Waals surface area contributed by atoms with E-state index < -0.39 is 17.7 Å². The van der Waals surface area contributed by atoms with Gasteiger partial charge >= 0.3 is 5.91 Å². The van der Waals surface area contributed by atoms with Crippen molar-refractivity contribution in [3.63, 3.8) is 0 Å². The molecule has 2 aliphatic rings. The highest BCUT2D eigenvalue weighted by Gasteiger charge is 2.48. The number of hydrogen-bond acceptors (Lipinski definition) is 9. The Morgan fingerprint density at radius 2 is 1.96 bits per heavy atom. The molecule has 6 rings (SSSR count). The summed E-state index contributed by atoms with van der Waals surface area (Å²) in [7, 11) is 0. The van der Waals surface area contributed by atoms with Gasteiger partial charge in [-0.2, -0.15) is 0 Å². The molecule has 3 aromatic carbocycles. The fraction of sp³-hybridized carbons (Fsp3) is 0.294. The fourth-order valence-electron chi connectivity index (χ4n) is 5.50. The van der Waals surface area contributed by atoms with E-state index in [9.17, 15) is 14.7 Å². The maximum absolute atomic E-state index is 13.7. The highest BCUT2D eigenvalue weighted by molar-refractivity contribution is 8.00. The van der Waals surface area contributed by atoms with E-state index in [1.807, 2.05) is 61.5 Å². The topological polar surface area (TPSA) is 102 Å². The molecule has 45 heavy (non-hydrogen) atoms. The quantitative estimate of drug-likeness (QED) is 0.0431. The van der Waals surface area contributed by atoms with Gasteiger partial charge in [-0.25, -0.2) is 0 Å². The number of rotatable bonds is 11. The van der Waals surface area contributed by atoms with Gasteiger partial charge < -0.3 is 14.6 Å². The van der Waals surface area contributed by atoms with Crippen molar-refractivity contribution in [3.05, 3.63) is 99.6 Å². The van der Waals surface area contributed by atoms with Crippen LogP contribution in [0.25, 0.3) is 5.76 Å². The first-order chi connectivity index (χ1) is 21.8. The van der Waals surface area contributed by atoms with Crippen molar-refractivity contribution in [2.75, 3.05) is 11.5 Å². The Hall–Kier alpha value is -3.86. The van der Waals surface area contributed by atoms with Crippen molar-refractivity contribution in [2.24, 2.45) is 0 Å². The second-order valence-electron chi connectivity index (χ2n) is 11.0. The van der Waals surface area contributed by atoms with Crippen LogP contribution in [0.1, 0.15) is 61.4 Å². The van der Waals surface area contributed by atoms with E-state index in [0.29, 0.717) is 45.0 Å². The second-order valence-corrected chi connectivity index (χ2v) is 13.6. The van der Waals surface area contributed by atoms with Crippen molar-refractivity contribution in [3.8, 4) is 11.5 Å². The van der Waals surface area contributed by atoms with Crippen molar-refractivity contribution >= 4 is 57.3 Å². The van der Waals surface area contributed by atoms with Gasteiger partial charge in [0.05, 0.1) is 18.2 Å². The first-order valence-electron chi connectivity index (χ1n) is 14.9. The van der Waals surface area contributed by atoms with Gasteiger partial charge in [-0.15, -0.1) is 10.2 Å². The Bertz CT molecular complexity index is 1770. The predicted molar refractivity (Wildman–Crippen MR) is 177 cm³/mol. The average Bonchev–Trinajstić information content (AvgIpc) is 3.73. The van der Waals surface area contributed by atoms with E-state index in [4.69, 9.17) is 21.1 Å². The first-order valence-corrected chi connectivity index (χ1v) is 17.1. The maximum Gasteiger partial charge on any atom is 0.301 e. The number of Topliss-reactive ketones (excluding diaryl/α,β-unsaturated/α-hetero) is 1. The summed E-state index contributed by atoms with van der Waals surface area (Å²) in [6.07, 6.45) is 3.75. The smallest absolute Gasteiger partial charge is 0.301 e. The third-order valence-corrected chi connectivity index (χ3v) is 10.2. The number of aromatic nitrogens is 2. The number of aliphatic hydroxyl groups is 1. The molecule has 0 bridgehead atoms. The van der Waals surface area contributed by atoms with Crippen molar-refractivity contribution < 1.29 is 24.2 Å². The van der Waals surface area contributed by atoms with E-state index in [1.54, 1.807) is 12.1 Å². The number of carbonyl (C=O) groups excluding carboxylic acids is 2. The lowest BCUT2D eigenvalue weighted by atomic mass is 9.94. The lowest BCUT2D eigenvalue weighted by Crippen LogP contribution is -2.29. The van der Waals surface area contributed by atoms with Gasteiger partial charge in [-0.3, -0.25) is 14.5 Å². The van der Waals surface area contributed by atoms with Crippen LogP contribution in [0.4, 0.5) is 5.13 Å². The number of nitrogens with zero attached hydrogens (tertiary/aromatic N) is 3. The van der Waals surface area contributed by atoms with Crippen LogP contribution in [0.15, 0.2) is 76.6 Å². The summed E-state index contributed by atoms with van der Waals surface area (Å²) < 4.78 is 12.5. The molecule has 2 aliphatic heterocycles. The molecule has 8 nitrogen and oxygen atoms in total. The van der Waals surface area contributed by atoms with Gasteiger partial charge in [0.2, 0.25) is 5.13 Å². The van der Waals surface area contributed by atoms with Gasteiger partial charge in [0.15, 0.2) is 4.34 Å². The molecule has 0 aliphatic carbocycles. The normalized spacial score (nSPS) is 18.7. The SMILES string of the molecule is CCCCCOc1cccc([C@H]2C(=C(O)c3ccc4c(c3)C[C@H](C)O4)C(=O)C(=O)N2c2nnc(SCc3ccccc3Cl)s2)c1. The zero-order valence-electron chi connectivity index (χ0n) is 24.9. The molecule has 1 saturated heterocycles. The summed E-state index contributed by atoms with van der Waals surface area (Å²) in [5.74, 6) is 0.0976. The van der Waals surface area contributed by atoms with E-state index in [1.165, 1.54) is 28.0 Å². The predicted octanol–water partition coefficient (Wildman–Crippen LogP) is 8.00. The number of anilines is 1. The number of halogens is 1. The Balaban J connectivity index is 1.38. The Kier molecular flexibility index (Phi) is 9.44.